The first-order valence-corrected chi connectivity index (χ1v) is 12.3. The smallest absolute Gasteiger partial charge is 0.222 e. The molecule has 1 fully saturated rings. The SMILES string of the molecule is CNC(=O)C1CCC(c2nc(-c3ccc4ccc(-c5ccccc5)nc4c3)c3c(N)ncnn23)CC1. The number of carbonyl (C=O) groups excluding carboxylic acids is 1. The summed E-state index contributed by atoms with van der Waals surface area (Å²) in [6.07, 6.45) is 4.89. The average molecular weight is 478 g/mol. The van der Waals surface area contributed by atoms with E-state index in [2.05, 4.69) is 45.7 Å². The van der Waals surface area contributed by atoms with Crippen molar-refractivity contribution in [1.82, 2.24) is 29.9 Å². The van der Waals surface area contributed by atoms with Crippen LogP contribution in [0.15, 0.2) is 67.0 Å². The van der Waals surface area contributed by atoms with Gasteiger partial charge in [-0.1, -0.05) is 48.5 Å². The fourth-order valence-corrected chi connectivity index (χ4v) is 5.29. The molecule has 5 aromatic rings. The molecular formula is C28H27N7O. The lowest BCUT2D eigenvalue weighted by atomic mass is 9.81. The molecule has 8 nitrogen and oxygen atoms in total. The summed E-state index contributed by atoms with van der Waals surface area (Å²) in [6, 6.07) is 20.5. The Bertz CT molecular complexity index is 1570. The van der Waals surface area contributed by atoms with E-state index in [1.54, 1.807) is 7.05 Å². The molecule has 180 valence electrons. The molecule has 3 heterocycles. The number of aromatic nitrogens is 5. The van der Waals surface area contributed by atoms with Gasteiger partial charge in [-0.25, -0.2) is 19.5 Å². The number of anilines is 1. The molecule has 3 N–H and O–H groups in total. The number of benzene rings is 2. The number of amides is 1. The molecule has 0 spiro atoms. The van der Waals surface area contributed by atoms with E-state index < -0.39 is 0 Å². The van der Waals surface area contributed by atoms with Crippen LogP contribution in [-0.4, -0.2) is 37.5 Å². The lowest BCUT2D eigenvalue weighted by Crippen LogP contribution is -2.30. The summed E-state index contributed by atoms with van der Waals surface area (Å²) in [5.41, 5.74) is 11.6. The molecule has 1 amide bonds. The van der Waals surface area contributed by atoms with Crippen LogP contribution in [0.1, 0.15) is 37.4 Å². The summed E-state index contributed by atoms with van der Waals surface area (Å²) in [7, 11) is 1.70. The van der Waals surface area contributed by atoms with Gasteiger partial charge in [0, 0.05) is 35.4 Å². The fraction of sp³-hybridized carbons (Fsp3) is 0.250. The second-order valence-corrected chi connectivity index (χ2v) is 9.36. The lowest BCUT2D eigenvalue weighted by molar-refractivity contribution is -0.125. The zero-order valence-electron chi connectivity index (χ0n) is 20.1. The third-order valence-corrected chi connectivity index (χ3v) is 7.23. The summed E-state index contributed by atoms with van der Waals surface area (Å²) < 4.78 is 1.83. The quantitative estimate of drug-likeness (QED) is 0.391. The summed E-state index contributed by atoms with van der Waals surface area (Å²) in [6.45, 7) is 0. The van der Waals surface area contributed by atoms with Crippen LogP contribution in [0.3, 0.4) is 0 Å². The molecule has 3 aromatic heterocycles. The molecule has 0 atom stereocenters. The minimum atomic E-state index is 0.0574. The number of fused-ring (bicyclic) bond motifs is 2. The third kappa shape index (κ3) is 3.84. The molecule has 0 bridgehead atoms. The standard InChI is InChI=1S/C28H27N7O/c1-30-28(36)20-10-8-19(9-11-20)27-34-24(25-26(29)31-16-32-35(25)27)21-12-7-18-13-14-22(33-23(18)15-21)17-5-3-2-4-6-17/h2-7,12-16,19-20H,8-11H2,1H3,(H,30,36)(H2,29,31,32). The highest BCUT2D eigenvalue weighted by molar-refractivity contribution is 5.91. The van der Waals surface area contributed by atoms with Crippen molar-refractivity contribution in [3.63, 3.8) is 0 Å². The van der Waals surface area contributed by atoms with Crippen LogP contribution in [-0.2, 0) is 4.79 Å². The first kappa shape index (κ1) is 22.2. The number of nitrogen functional groups attached to an aromatic ring is 1. The van der Waals surface area contributed by atoms with Gasteiger partial charge in [-0.15, -0.1) is 0 Å². The summed E-state index contributed by atoms with van der Waals surface area (Å²) in [4.78, 5) is 26.4. The number of hydrogen-bond donors (Lipinski definition) is 2. The van der Waals surface area contributed by atoms with Crippen LogP contribution in [0.25, 0.3) is 38.9 Å². The van der Waals surface area contributed by atoms with E-state index in [4.69, 9.17) is 15.7 Å². The van der Waals surface area contributed by atoms with Gasteiger partial charge in [-0.05, 0) is 37.8 Å². The second-order valence-electron chi connectivity index (χ2n) is 9.36. The molecule has 0 aliphatic heterocycles. The van der Waals surface area contributed by atoms with Crippen molar-refractivity contribution in [2.24, 2.45) is 5.92 Å². The predicted molar refractivity (Wildman–Crippen MR) is 140 cm³/mol. The van der Waals surface area contributed by atoms with Crippen molar-refractivity contribution in [3.8, 4) is 22.5 Å². The van der Waals surface area contributed by atoms with Crippen molar-refractivity contribution in [3.05, 3.63) is 72.8 Å². The first-order valence-electron chi connectivity index (χ1n) is 12.3. The van der Waals surface area contributed by atoms with Gasteiger partial charge in [0.1, 0.15) is 23.4 Å². The molecule has 36 heavy (non-hydrogen) atoms. The topological polar surface area (TPSA) is 111 Å². The van der Waals surface area contributed by atoms with E-state index in [1.165, 1.54) is 6.33 Å². The summed E-state index contributed by atoms with van der Waals surface area (Å²) >= 11 is 0. The van der Waals surface area contributed by atoms with Gasteiger partial charge >= 0.3 is 0 Å². The van der Waals surface area contributed by atoms with Gasteiger partial charge in [0.15, 0.2) is 5.82 Å². The number of nitrogens with one attached hydrogen (secondary N) is 1. The Morgan fingerprint density at radius 2 is 1.75 bits per heavy atom. The van der Waals surface area contributed by atoms with E-state index >= 15 is 0 Å². The van der Waals surface area contributed by atoms with Gasteiger partial charge in [-0.2, -0.15) is 5.10 Å². The Morgan fingerprint density at radius 1 is 0.972 bits per heavy atom. The predicted octanol–water partition coefficient (Wildman–Crippen LogP) is 4.61. The third-order valence-electron chi connectivity index (χ3n) is 7.23. The van der Waals surface area contributed by atoms with E-state index in [1.807, 2.05) is 34.8 Å². The number of hydrogen-bond acceptors (Lipinski definition) is 6. The highest BCUT2D eigenvalue weighted by Gasteiger charge is 2.30. The zero-order valence-corrected chi connectivity index (χ0v) is 20.1. The number of pyridine rings is 1. The van der Waals surface area contributed by atoms with Crippen LogP contribution in [0, 0.1) is 5.92 Å². The van der Waals surface area contributed by atoms with Crippen molar-refractivity contribution in [1.29, 1.82) is 0 Å². The van der Waals surface area contributed by atoms with E-state index in [0.717, 1.165) is 64.9 Å². The molecule has 0 saturated heterocycles. The molecule has 2 aromatic carbocycles. The van der Waals surface area contributed by atoms with E-state index in [-0.39, 0.29) is 17.7 Å². The molecule has 0 unspecified atom stereocenters. The number of nitrogens with zero attached hydrogens (tertiary/aromatic N) is 5. The molecule has 0 radical (unpaired) electrons. The Hall–Kier alpha value is -4.33. The van der Waals surface area contributed by atoms with Crippen LogP contribution < -0.4 is 11.1 Å². The highest BCUT2D eigenvalue weighted by atomic mass is 16.1. The molecule has 6 rings (SSSR count). The number of carbonyl (C=O) groups is 1. The minimum absolute atomic E-state index is 0.0574. The molecule has 8 heteroatoms. The van der Waals surface area contributed by atoms with Crippen molar-refractivity contribution in [2.75, 3.05) is 12.8 Å². The van der Waals surface area contributed by atoms with Crippen LogP contribution >= 0.6 is 0 Å². The van der Waals surface area contributed by atoms with Gasteiger partial charge in [0.05, 0.1) is 11.2 Å². The van der Waals surface area contributed by atoms with E-state index in [0.29, 0.717) is 11.3 Å². The van der Waals surface area contributed by atoms with Crippen molar-refractivity contribution >= 4 is 28.1 Å². The van der Waals surface area contributed by atoms with Crippen LogP contribution in [0.5, 0.6) is 0 Å². The molecule has 1 aliphatic rings. The average Bonchev–Trinajstić information content (AvgIpc) is 3.33. The maximum atomic E-state index is 12.1. The lowest BCUT2D eigenvalue weighted by Gasteiger charge is -2.26. The van der Waals surface area contributed by atoms with Crippen molar-refractivity contribution in [2.45, 2.75) is 31.6 Å². The number of imidazole rings is 1. The Morgan fingerprint density at radius 3 is 2.53 bits per heavy atom. The monoisotopic (exact) mass is 477 g/mol. The van der Waals surface area contributed by atoms with Gasteiger partial charge in [-0.3, -0.25) is 4.79 Å². The van der Waals surface area contributed by atoms with Gasteiger partial charge in [0.25, 0.3) is 0 Å². The Labute approximate surface area is 208 Å². The van der Waals surface area contributed by atoms with Crippen molar-refractivity contribution < 1.29 is 4.79 Å². The Balaban J connectivity index is 1.42. The number of rotatable bonds is 4. The second kappa shape index (κ2) is 9.03. The fourth-order valence-electron chi connectivity index (χ4n) is 5.29. The maximum absolute atomic E-state index is 12.1. The molecule has 1 saturated carbocycles. The summed E-state index contributed by atoms with van der Waals surface area (Å²) in [5.74, 6) is 1.64. The minimum Gasteiger partial charge on any atom is -0.382 e. The van der Waals surface area contributed by atoms with Crippen LogP contribution in [0.2, 0.25) is 0 Å². The molecular weight excluding hydrogens is 450 g/mol. The van der Waals surface area contributed by atoms with Gasteiger partial charge in [0.2, 0.25) is 5.91 Å². The van der Waals surface area contributed by atoms with Gasteiger partial charge < -0.3 is 11.1 Å². The number of nitrogens with two attached hydrogens (primary N) is 1. The largest absolute Gasteiger partial charge is 0.382 e. The molecule has 1 aliphatic carbocycles. The normalized spacial score (nSPS) is 17.9. The van der Waals surface area contributed by atoms with E-state index in [9.17, 15) is 4.79 Å². The van der Waals surface area contributed by atoms with Crippen LogP contribution in [0.4, 0.5) is 5.82 Å². The first-order chi connectivity index (χ1) is 17.6. The summed E-state index contributed by atoms with van der Waals surface area (Å²) in [5, 5.41) is 8.35. The maximum Gasteiger partial charge on any atom is 0.222 e. The highest BCUT2D eigenvalue weighted by Crippen LogP contribution is 2.38. The Kier molecular flexibility index (Phi) is 5.56. The zero-order chi connectivity index (χ0) is 24.6.